The van der Waals surface area contributed by atoms with Crippen LogP contribution in [0.2, 0.25) is 0 Å². The number of aromatic nitrogens is 2. The van der Waals surface area contributed by atoms with Crippen LogP contribution in [0.4, 0.5) is 0 Å². The molecule has 0 atom stereocenters. The van der Waals surface area contributed by atoms with Crippen molar-refractivity contribution in [2.45, 2.75) is 19.3 Å². The van der Waals surface area contributed by atoms with Gasteiger partial charge in [0.25, 0.3) is 5.56 Å². The van der Waals surface area contributed by atoms with Crippen LogP contribution in [0.15, 0.2) is 21.9 Å². The first-order valence-electron chi connectivity index (χ1n) is 6.74. The highest BCUT2D eigenvalue weighted by Crippen LogP contribution is 2.09. The molecule has 1 amide bonds. The molecule has 0 unspecified atom stereocenters. The number of nitrogens with zero attached hydrogens (tertiary/aromatic N) is 3. The van der Waals surface area contributed by atoms with Crippen LogP contribution in [-0.2, 0) is 18.9 Å². The van der Waals surface area contributed by atoms with E-state index in [1.54, 1.807) is 11.9 Å². The maximum Gasteiger partial charge on any atom is 0.330 e. The molecule has 0 N–H and O–H groups in total. The highest BCUT2D eigenvalue weighted by atomic mass is 16.2. The monoisotopic (exact) mass is 277 g/mol. The summed E-state index contributed by atoms with van der Waals surface area (Å²) < 4.78 is 2.36. The number of carbonyl (C=O) groups excluding carboxylic acids is 1. The summed E-state index contributed by atoms with van der Waals surface area (Å²) in [6, 6.07) is 0. The Hall–Kier alpha value is -2.11. The zero-order valence-corrected chi connectivity index (χ0v) is 11.8. The number of amides is 1. The fourth-order valence-electron chi connectivity index (χ4n) is 2.33. The van der Waals surface area contributed by atoms with Crippen molar-refractivity contribution in [1.29, 1.82) is 0 Å². The number of likely N-dealkylation sites (tertiary alicyclic amines) is 1. The van der Waals surface area contributed by atoms with Crippen LogP contribution >= 0.6 is 0 Å². The molecule has 1 aliphatic heterocycles. The van der Waals surface area contributed by atoms with Crippen molar-refractivity contribution in [2.24, 2.45) is 14.1 Å². The first-order valence-corrected chi connectivity index (χ1v) is 6.74. The smallest absolute Gasteiger partial charge is 0.330 e. The molecule has 2 rings (SSSR count). The van der Waals surface area contributed by atoms with Gasteiger partial charge >= 0.3 is 5.69 Å². The number of hydrogen-bond acceptors (Lipinski definition) is 3. The zero-order valence-electron chi connectivity index (χ0n) is 11.8. The normalized spacial score (nSPS) is 15.8. The average molecular weight is 277 g/mol. The highest BCUT2D eigenvalue weighted by Gasteiger charge is 2.14. The molecule has 0 aromatic carbocycles. The molecule has 0 bridgehead atoms. The van der Waals surface area contributed by atoms with E-state index in [0.29, 0.717) is 5.56 Å². The second-order valence-electron chi connectivity index (χ2n) is 5.06. The van der Waals surface area contributed by atoms with E-state index in [1.165, 1.54) is 30.0 Å². The van der Waals surface area contributed by atoms with E-state index in [9.17, 15) is 14.4 Å². The summed E-state index contributed by atoms with van der Waals surface area (Å²) >= 11 is 0. The quantitative estimate of drug-likeness (QED) is 0.721. The fraction of sp³-hybridized carbons (Fsp3) is 0.500. The van der Waals surface area contributed by atoms with E-state index in [4.69, 9.17) is 0 Å². The summed E-state index contributed by atoms with van der Waals surface area (Å²) in [4.78, 5) is 37.2. The van der Waals surface area contributed by atoms with Gasteiger partial charge in [-0.2, -0.15) is 0 Å². The lowest BCUT2D eigenvalue weighted by atomic mass is 10.1. The summed E-state index contributed by atoms with van der Waals surface area (Å²) in [5.74, 6) is -0.0828. The van der Waals surface area contributed by atoms with Gasteiger partial charge in [0.1, 0.15) is 0 Å². The Kier molecular flexibility index (Phi) is 4.22. The predicted octanol–water partition coefficient (Wildman–Crippen LogP) is 0.110. The van der Waals surface area contributed by atoms with Crippen molar-refractivity contribution in [3.63, 3.8) is 0 Å². The van der Waals surface area contributed by atoms with Crippen molar-refractivity contribution in [2.75, 3.05) is 13.1 Å². The summed E-state index contributed by atoms with van der Waals surface area (Å²) in [6.07, 6.45) is 7.56. The standard InChI is InChI=1S/C14H19N3O3/c1-15-10-11(13(19)16(2)14(15)20)6-7-12(18)17-8-4-3-5-9-17/h6-7,10H,3-5,8-9H2,1-2H3. The third-order valence-electron chi connectivity index (χ3n) is 3.55. The van der Waals surface area contributed by atoms with Gasteiger partial charge in [0.2, 0.25) is 5.91 Å². The van der Waals surface area contributed by atoms with Crippen molar-refractivity contribution < 1.29 is 4.79 Å². The van der Waals surface area contributed by atoms with Crippen LogP contribution in [0.5, 0.6) is 0 Å². The summed E-state index contributed by atoms with van der Waals surface area (Å²) in [5.41, 5.74) is -0.440. The van der Waals surface area contributed by atoms with Gasteiger partial charge in [-0.3, -0.25) is 14.2 Å². The molecule has 1 saturated heterocycles. The van der Waals surface area contributed by atoms with Gasteiger partial charge in [0.05, 0.1) is 5.56 Å². The van der Waals surface area contributed by atoms with Crippen molar-refractivity contribution >= 4 is 12.0 Å². The molecule has 1 fully saturated rings. The molecule has 0 radical (unpaired) electrons. The van der Waals surface area contributed by atoms with E-state index in [-0.39, 0.29) is 11.6 Å². The Morgan fingerprint density at radius 2 is 1.80 bits per heavy atom. The zero-order chi connectivity index (χ0) is 14.7. The van der Waals surface area contributed by atoms with Crippen molar-refractivity contribution in [3.8, 4) is 0 Å². The van der Waals surface area contributed by atoms with Gasteiger partial charge in [0.15, 0.2) is 0 Å². The SMILES string of the molecule is Cn1cc(C=CC(=O)N2CCCCC2)c(=O)n(C)c1=O. The number of piperidine rings is 1. The molecule has 0 spiro atoms. The molecule has 1 aromatic rings. The van der Waals surface area contributed by atoms with Gasteiger partial charge in [-0.1, -0.05) is 0 Å². The molecular formula is C14H19N3O3. The highest BCUT2D eigenvalue weighted by molar-refractivity contribution is 5.91. The molecule has 20 heavy (non-hydrogen) atoms. The second kappa shape index (κ2) is 5.90. The average Bonchev–Trinajstić information content (AvgIpc) is 2.48. The van der Waals surface area contributed by atoms with Gasteiger partial charge < -0.3 is 9.47 Å². The van der Waals surface area contributed by atoms with Gasteiger partial charge in [0, 0.05) is 39.5 Å². The largest absolute Gasteiger partial charge is 0.339 e. The number of carbonyl (C=O) groups is 1. The number of aryl methyl sites for hydroxylation is 1. The Morgan fingerprint density at radius 1 is 1.15 bits per heavy atom. The second-order valence-corrected chi connectivity index (χ2v) is 5.06. The first-order chi connectivity index (χ1) is 9.50. The molecular weight excluding hydrogens is 258 g/mol. The number of rotatable bonds is 2. The lowest BCUT2D eigenvalue weighted by Crippen LogP contribution is -2.37. The van der Waals surface area contributed by atoms with Crippen LogP contribution in [0.3, 0.4) is 0 Å². The Labute approximate surface area is 116 Å². The van der Waals surface area contributed by atoms with E-state index in [1.807, 2.05) is 0 Å². The topological polar surface area (TPSA) is 64.3 Å². The minimum absolute atomic E-state index is 0.0828. The molecule has 108 valence electrons. The van der Waals surface area contributed by atoms with Crippen LogP contribution in [0, 0.1) is 0 Å². The maximum atomic E-state index is 12.0. The minimum atomic E-state index is -0.393. The summed E-state index contributed by atoms with van der Waals surface area (Å²) in [5, 5.41) is 0. The Bertz CT molecular complexity index is 649. The summed E-state index contributed by atoms with van der Waals surface area (Å²) in [7, 11) is 3.00. The van der Waals surface area contributed by atoms with Gasteiger partial charge in [-0.15, -0.1) is 0 Å². The Morgan fingerprint density at radius 3 is 2.45 bits per heavy atom. The third kappa shape index (κ3) is 2.89. The van der Waals surface area contributed by atoms with E-state index in [2.05, 4.69) is 0 Å². The van der Waals surface area contributed by atoms with E-state index in [0.717, 1.165) is 36.9 Å². The molecule has 0 saturated carbocycles. The van der Waals surface area contributed by atoms with Gasteiger partial charge in [-0.05, 0) is 25.3 Å². The molecule has 6 heteroatoms. The van der Waals surface area contributed by atoms with Crippen LogP contribution < -0.4 is 11.2 Å². The molecule has 1 aromatic heterocycles. The van der Waals surface area contributed by atoms with Crippen LogP contribution in [0.1, 0.15) is 24.8 Å². The summed E-state index contributed by atoms with van der Waals surface area (Å²) in [6.45, 7) is 1.54. The lowest BCUT2D eigenvalue weighted by Gasteiger charge is -2.25. The van der Waals surface area contributed by atoms with Crippen LogP contribution in [-0.4, -0.2) is 33.0 Å². The van der Waals surface area contributed by atoms with Crippen molar-refractivity contribution in [3.05, 3.63) is 38.7 Å². The maximum absolute atomic E-state index is 12.0. The number of hydrogen-bond donors (Lipinski definition) is 0. The fourth-order valence-corrected chi connectivity index (χ4v) is 2.33. The molecule has 6 nitrogen and oxygen atoms in total. The molecule has 0 aliphatic carbocycles. The first kappa shape index (κ1) is 14.3. The third-order valence-corrected chi connectivity index (χ3v) is 3.55. The lowest BCUT2D eigenvalue weighted by molar-refractivity contribution is -0.126. The molecule has 1 aliphatic rings. The molecule has 2 heterocycles. The van der Waals surface area contributed by atoms with Gasteiger partial charge in [-0.25, -0.2) is 4.79 Å². The predicted molar refractivity (Wildman–Crippen MR) is 76.4 cm³/mol. The van der Waals surface area contributed by atoms with Crippen LogP contribution in [0.25, 0.3) is 6.08 Å². The van der Waals surface area contributed by atoms with E-state index >= 15 is 0 Å². The Balaban J connectivity index is 2.21. The van der Waals surface area contributed by atoms with E-state index < -0.39 is 5.56 Å². The van der Waals surface area contributed by atoms with Crippen molar-refractivity contribution in [1.82, 2.24) is 14.0 Å². The minimum Gasteiger partial charge on any atom is -0.339 e.